The Balaban J connectivity index is 2.26. The van der Waals surface area contributed by atoms with Gasteiger partial charge in [-0.1, -0.05) is 19.8 Å². The number of likely N-dealkylation sites (N-methyl/N-ethyl adjacent to an activating group) is 1. The van der Waals surface area contributed by atoms with Crippen molar-refractivity contribution in [3.8, 4) is 23.0 Å². The molecular weight excluding hydrogens is 652 g/mol. The zero-order valence-corrected chi connectivity index (χ0v) is 28.3. The number of carboxylic acids is 1. The van der Waals surface area contributed by atoms with Gasteiger partial charge in [0.1, 0.15) is 23.5 Å². The molecule has 0 bridgehead atoms. The van der Waals surface area contributed by atoms with Crippen molar-refractivity contribution in [2.45, 2.75) is 72.1 Å². The molecule has 0 saturated heterocycles. The van der Waals surface area contributed by atoms with Gasteiger partial charge in [-0.05, 0) is 94.1 Å². The number of aryl methyl sites for hydroxylation is 2. The minimum Gasteiger partial charge on any atom is -0.481 e. The molecule has 7 nitrogen and oxygen atoms in total. The highest BCUT2D eigenvalue weighted by atomic mass is 19.4. The van der Waals surface area contributed by atoms with Gasteiger partial charge in [-0.2, -0.15) is 13.2 Å². The monoisotopic (exact) mass is 691 g/mol. The third-order valence-electron chi connectivity index (χ3n) is 7.93. The van der Waals surface area contributed by atoms with Gasteiger partial charge in [0.25, 0.3) is 5.56 Å². The molecule has 0 aliphatic carbocycles. The van der Waals surface area contributed by atoms with Gasteiger partial charge >= 0.3 is 12.1 Å². The van der Waals surface area contributed by atoms with Crippen LogP contribution >= 0.6 is 0 Å². The highest BCUT2D eigenvalue weighted by Crippen LogP contribution is 2.38. The molecule has 2 N–H and O–H groups in total. The molecule has 0 aliphatic rings. The average molecular weight is 692 g/mol. The van der Waals surface area contributed by atoms with E-state index in [1.165, 1.54) is 20.8 Å². The lowest BCUT2D eigenvalue weighted by Gasteiger charge is -2.27. The summed E-state index contributed by atoms with van der Waals surface area (Å²) in [5.41, 5.74) is -3.09. The van der Waals surface area contributed by atoms with Crippen LogP contribution in [0, 0.1) is 49.1 Å². The van der Waals surface area contributed by atoms with Crippen molar-refractivity contribution in [1.82, 2.24) is 14.8 Å². The molecule has 0 fully saturated rings. The van der Waals surface area contributed by atoms with Gasteiger partial charge in [-0.3, -0.25) is 14.4 Å². The predicted octanol–water partition coefficient (Wildman–Crippen LogP) is 6.96. The van der Waals surface area contributed by atoms with E-state index in [0.717, 1.165) is 29.0 Å². The van der Waals surface area contributed by atoms with Crippen molar-refractivity contribution in [3.05, 3.63) is 91.6 Å². The van der Waals surface area contributed by atoms with Crippen LogP contribution in [0.5, 0.6) is 0 Å². The van der Waals surface area contributed by atoms with E-state index in [-0.39, 0.29) is 47.6 Å². The largest absolute Gasteiger partial charge is 0.481 e. The zero-order chi connectivity index (χ0) is 37.0. The van der Waals surface area contributed by atoms with Crippen LogP contribution in [0.25, 0.3) is 11.1 Å². The minimum atomic E-state index is -4.86. The standard InChI is InChI=1S/C36H39F6N3O4/c1-8-9-22-15-25(31-20(4)13-24(37)14-21(31)5)34(39)32(33(22)38)27(17-30(47)48)43-35(49)28(12-19(2)3)45-18-23(10-11-44(6)7)26(16-29(45)46)36(40,41)42/h13-16,18-19,27-28H,10-12,17H2,1-7H3,(H,43,49)(H,47,48)/t27-,28-/m0/s1. The third-order valence-corrected chi connectivity index (χ3v) is 7.93. The summed E-state index contributed by atoms with van der Waals surface area (Å²) in [6.07, 6.45) is -5.11. The van der Waals surface area contributed by atoms with Gasteiger partial charge in [0.2, 0.25) is 5.91 Å². The van der Waals surface area contributed by atoms with E-state index in [9.17, 15) is 37.1 Å². The number of carbonyl (C=O) groups is 2. The summed E-state index contributed by atoms with van der Waals surface area (Å²) in [6, 6.07) is 0.503. The average Bonchev–Trinajstić information content (AvgIpc) is 2.96. The maximum absolute atomic E-state index is 16.5. The number of aromatic nitrogens is 1. The van der Waals surface area contributed by atoms with Gasteiger partial charge in [-0.25, -0.2) is 13.2 Å². The first-order valence-electron chi connectivity index (χ1n) is 15.5. The molecule has 1 aromatic heterocycles. The van der Waals surface area contributed by atoms with Gasteiger partial charge in [0.15, 0.2) is 0 Å². The van der Waals surface area contributed by atoms with E-state index in [1.807, 2.05) is 0 Å². The molecule has 264 valence electrons. The number of rotatable bonds is 12. The van der Waals surface area contributed by atoms with Crippen LogP contribution in [0.2, 0.25) is 0 Å². The summed E-state index contributed by atoms with van der Waals surface area (Å²) in [6.45, 7) is 8.01. The van der Waals surface area contributed by atoms with Crippen molar-refractivity contribution in [3.63, 3.8) is 0 Å². The van der Waals surface area contributed by atoms with E-state index in [0.29, 0.717) is 17.2 Å². The Labute approximate surface area is 280 Å². The SMILES string of the molecule is CC#Cc1cc(-c2c(C)cc(F)cc2C)c(F)c([C@H](CC(=O)O)NC(=O)[C@H](CC(C)C)n2cc(CCN(C)C)c(C(F)(F)F)cc2=O)c1F. The summed E-state index contributed by atoms with van der Waals surface area (Å²) in [7, 11) is 3.31. The Morgan fingerprint density at radius 3 is 2.14 bits per heavy atom. The lowest BCUT2D eigenvalue weighted by atomic mass is 9.89. The number of nitrogens with zero attached hydrogens (tertiary/aromatic N) is 2. The van der Waals surface area contributed by atoms with E-state index in [1.54, 1.807) is 32.8 Å². The van der Waals surface area contributed by atoms with Crippen molar-refractivity contribution in [2.24, 2.45) is 5.92 Å². The highest BCUT2D eigenvalue weighted by molar-refractivity contribution is 5.82. The number of pyridine rings is 1. The second-order valence-corrected chi connectivity index (χ2v) is 12.6. The predicted molar refractivity (Wildman–Crippen MR) is 173 cm³/mol. The first-order valence-corrected chi connectivity index (χ1v) is 15.5. The van der Waals surface area contributed by atoms with Crippen molar-refractivity contribution >= 4 is 11.9 Å². The van der Waals surface area contributed by atoms with Crippen LogP contribution in [-0.4, -0.2) is 47.1 Å². The Morgan fingerprint density at radius 1 is 1.02 bits per heavy atom. The fourth-order valence-corrected chi connectivity index (χ4v) is 5.81. The van der Waals surface area contributed by atoms with Crippen LogP contribution in [0.1, 0.15) is 79.1 Å². The van der Waals surface area contributed by atoms with Crippen LogP contribution in [0.15, 0.2) is 35.3 Å². The highest BCUT2D eigenvalue weighted by Gasteiger charge is 2.36. The number of aliphatic carboxylic acids is 1. The summed E-state index contributed by atoms with van der Waals surface area (Å²) in [4.78, 5) is 40.8. The van der Waals surface area contributed by atoms with E-state index in [2.05, 4.69) is 17.2 Å². The van der Waals surface area contributed by atoms with Crippen LogP contribution in [0.4, 0.5) is 26.3 Å². The van der Waals surface area contributed by atoms with Crippen LogP contribution < -0.4 is 10.9 Å². The molecule has 49 heavy (non-hydrogen) atoms. The summed E-state index contributed by atoms with van der Waals surface area (Å²) < 4.78 is 89.3. The number of amides is 1. The maximum atomic E-state index is 16.5. The molecule has 0 spiro atoms. The molecule has 0 radical (unpaired) electrons. The van der Waals surface area contributed by atoms with Gasteiger partial charge < -0.3 is 19.9 Å². The number of hydrogen-bond acceptors (Lipinski definition) is 4. The van der Waals surface area contributed by atoms with Crippen LogP contribution in [0.3, 0.4) is 0 Å². The Kier molecular flexibility index (Phi) is 12.5. The lowest BCUT2D eigenvalue weighted by Crippen LogP contribution is -2.41. The van der Waals surface area contributed by atoms with Gasteiger partial charge in [-0.15, -0.1) is 5.92 Å². The summed E-state index contributed by atoms with van der Waals surface area (Å²) >= 11 is 0. The molecular formula is C36H39F6N3O4. The quantitative estimate of drug-likeness (QED) is 0.158. The maximum Gasteiger partial charge on any atom is 0.416 e. The molecule has 1 heterocycles. The van der Waals surface area contributed by atoms with Gasteiger partial charge in [0, 0.05) is 29.9 Å². The normalized spacial score (nSPS) is 12.9. The second-order valence-electron chi connectivity index (χ2n) is 12.6. The molecule has 3 aromatic rings. The number of benzene rings is 2. The molecule has 0 aliphatic heterocycles. The molecule has 1 amide bonds. The summed E-state index contributed by atoms with van der Waals surface area (Å²) in [5, 5.41) is 12.2. The van der Waals surface area contributed by atoms with Crippen molar-refractivity contribution < 1.29 is 41.0 Å². The molecule has 0 saturated carbocycles. The first-order chi connectivity index (χ1) is 22.8. The first kappa shape index (κ1) is 38.9. The minimum absolute atomic E-state index is 0.0877. The van der Waals surface area contributed by atoms with Crippen molar-refractivity contribution in [1.29, 1.82) is 0 Å². The number of carboxylic acid groups (broad SMARTS) is 1. The summed E-state index contributed by atoms with van der Waals surface area (Å²) in [5.74, 6) is -0.892. The van der Waals surface area contributed by atoms with Gasteiger partial charge in [0.05, 0.1) is 23.6 Å². The number of nitrogens with one attached hydrogen (secondary N) is 1. The fraction of sp³-hybridized carbons (Fsp3) is 0.417. The molecule has 2 aromatic carbocycles. The Morgan fingerprint density at radius 2 is 1.63 bits per heavy atom. The zero-order valence-electron chi connectivity index (χ0n) is 28.3. The topological polar surface area (TPSA) is 91.6 Å². The van der Waals surface area contributed by atoms with E-state index >= 15 is 8.78 Å². The Hall–Kier alpha value is -4.57. The molecule has 2 atom stereocenters. The number of alkyl halides is 3. The van der Waals surface area contributed by atoms with Crippen molar-refractivity contribution in [2.75, 3.05) is 20.6 Å². The molecule has 0 unspecified atom stereocenters. The molecule has 13 heteroatoms. The lowest BCUT2D eigenvalue weighted by molar-refractivity contribution is -0.139. The number of hydrogen-bond donors (Lipinski definition) is 2. The number of halogens is 6. The van der Waals surface area contributed by atoms with Crippen LogP contribution in [-0.2, 0) is 22.2 Å². The van der Waals surface area contributed by atoms with E-state index < -0.39 is 70.7 Å². The third kappa shape index (κ3) is 9.32. The molecule has 3 rings (SSSR count). The smallest absolute Gasteiger partial charge is 0.416 e. The fourth-order valence-electron chi connectivity index (χ4n) is 5.81. The second kappa shape index (κ2) is 15.8. The number of carbonyl (C=O) groups excluding carboxylic acids is 1. The van der Waals surface area contributed by atoms with E-state index in [4.69, 9.17) is 0 Å². The Bertz CT molecular complexity index is 1830.